The third-order valence-electron chi connectivity index (χ3n) is 4.03. The molecule has 0 aromatic heterocycles. The monoisotopic (exact) mass is 352 g/mol. The first-order chi connectivity index (χ1) is 11.0. The Morgan fingerprint density at radius 3 is 2.67 bits per heavy atom. The Bertz CT molecular complexity index is 718. The molecule has 1 aliphatic heterocycles. The van der Waals surface area contributed by atoms with E-state index in [1.54, 1.807) is 30.0 Å². The fourth-order valence-corrected chi connectivity index (χ4v) is 2.98. The first kappa shape index (κ1) is 18.4. The van der Waals surface area contributed by atoms with Gasteiger partial charge in [-0.25, -0.2) is 8.78 Å². The number of benzene rings is 2. The van der Waals surface area contributed by atoms with Gasteiger partial charge in [0.1, 0.15) is 11.6 Å². The molecule has 3 nitrogen and oxygen atoms in total. The zero-order chi connectivity index (χ0) is 16.4. The predicted octanol–water partition coefficient (Wildman–Crippen LogP) is 3.48. The Hall–Kier alpha value is -1.98. The lowest BCUT2D eigenvalue weighted by molar-refractivity contribution is 0.0633. The zero-order valence-electron chi connectivity index (χ0n) is 13.3. The molecule has 1 N–H and O–H groups in total. The largest absolute Gasteiger partial charge is 0.329 e. The molecular weight excluding hydrogens is 334 g/mol. The second-order valence-corrected chi connectivity index (χ2v) is 5.79. The van der Waals surface area contributed by atoms with E-state index < -0.39 is 5.82 Å². The van der Waals surface area contributed by atoms with E-state index in [9.17, 15) is 13.6 Å². The van der Waals surface area contributed by atoms with Gasteiger partial charge in [-0.2, -0.15) is 0 Å². The molecule has 2 aromatic carbocycles. The Kier molecular flexibility index (Phi) is 5.91. The maximum Gasteiger partial charge on any atom is 0.254 e. The van der Waals surface area contributed by atoms with Gasteiger partial charge in [0, 0.05) is 25.2 Å². The molecule has 1 saturated heterocycles. The van der Waals surface area contributed by atoms with Crippen LogP contribution in [0.4, 0.5) is 8.78 Å². The smallest absolute Gasteiger partial charge is 0.254 e. The lowest BCUT2D eigenvalue weighted by Crippen LogP contribution is -2.48. The average Bonchev–Trinajstić information content (AvgIpc) is 2.53. The van der Waals surface area contributed by atoms with Gasteiger partial charge in [-0.3, -0.25) is 4.79 Å². The summed E-state index contributed by atoms with van der Waals surface area (Å²) in [6, 6.07) is 10.3. The van der Waals surface area contributed by atoms with Crippen LogP contribution in [0.3, 0.4) is 0 Å². The molecule has 0 aliphatic carbocycles. The van der Waals surface area contributed by atoms with Gasteiger partial charge < -0.3 is 10.2 Å². The molecule has 0 saturated carbocycles. The van der Waals surface area contributed by atoms with Crippen LogP contribution >= 0.6 is 12.4 Å². The van der Waals surface area contributed by atoms with Crippen LogP contribution < -0.4 is 5.32 Å². The highest BCUT2D eigenvalue weighted by Crippen LogP contribution is 2.25. The first-order valence-corrected chi connectivity index (χ1v) is 7.59. The summed E-state index contributed by atoms with van der Waals surface area (Å²) in [7, 11) is 0. The highest BCUT2D eigenvalue weighted by atomic mass is 35.5. The average molecular weight is 353 g/mol. The van der Waals surface area contributed by atoms with Crippen LogP contribution in [-0.4, -0.2) is 30.4 Å². The van der Waals surface area contributed by atoms with Crippen molar-refractivity contribution in [3.8, 4) is 0 Å². The second-order valence-electron chi connectivity index (χ2n) is 5.79. The van der Waals surface area contributed by atoms with Gasteiger partial charge in [0.05, 0.1) is 6.04 Å². The summed E-state index contributed by atoms with van der Waals surface area (Å²) < 4.78 is 27.1. The molecule has 1 atom stereocenters. The fraction of sp³-hybridized carbons (Fsp3) is 0.278. The molecule has 3 rings (SSSR count). The zero-order valence-corrected chi connectivity index (χ0v) is 14.1. The maximum absolute atomic E-state index is 13.6. The number of rotatable bonds is 2. The van der Waals surface area contributed by atoms with Gasteiger partial charge in [-0.15, -0.1) is 12.4 Å². The number of hydrogen-bond acceptors (Lipinski definition) is 2. The summed E-state index contributed by atoms with van der Waals surface area (Å²) in [5.74, 6) is -0.990. The molecule has 0 radical (unpaired) electrons. The molecule has 1 aliphatic rings. The highest BCUT2D eigenvalue weighted by Gasteiger charge is 2.29. The van der Waals surface area contributed by atoms with Gasteiger partial charge in [0.2, 0.25) is 0 Å². The van der Waals surface area contributed by atoms with Gasteiger partial charge in [0.25, 0.3) is 5.91 Å². The lowest BCUT2D eigenvalue weighted by Gasteiger charge is -2.36. The molecule has 0 bridgehead atoms. The van der Waals surface area contributed by atoms with Crippen molar-refractivity contribution in [2.24, 2.45) is 0 Å². The number of piperazine rings is 1. The minimum absolute atomic E-state index is 0. The molecular formula is C18H19ClF2N2O. The molecule has 1 amide bonds. The SMILES string of the molecule is Cc1cc(F)cc(C(=O)N2CCNCC2c2cccc(F)c2)c1.Cl. The van der Waals surface area contributed by atoms with Crippen molar-refractivity contribution in [3.63, 3.8) is 0 Å². The number of amides is 1. The summed E-state index contributed by atoms with van der Waals surface area (Å²) >= 11 is 0. The Labute approximate surface area is 146 Å². The summed E-state index contributed by atoms with van der Waals surface area (Å²) in [5.41, 5.74) is 1.76. The number of hydrogen-bond donors (Lipinski definition) is 1. The van der Waals surface area contributed by atoms with E-state index in [-0.39, 0.29) is 30.2 Å². The molecule has 1 heterocycles. The standard InChI is InChI=1S/C18H18F2N2O.ClH/c1-12-7-14(10-16(20)8-12)18(23)22-6-5-21-11-17(22)13-3-2-4-15(19)9-13;/h2-4,7-10,17,21H,5-6,11H2,1H3;1H. The van der Waals surface area contributed by atoms with E-state index in [0.717, 1.165) is 5.56 Å². The van der Waals surface area contributed by atoms with Crippen molar-refractivity contribution >= 4 is 18.3 Å². The fourth-order valence-electron chi connectivity index (χ4n) is 2.98. The van der Waals surface area contributed by atoms with Crippen molar-refractivity contribution in [2.45, 2.75) is 13.0 Å². The van der Waals surface area contributed by atoms with Crippen molar-refractivity contribution < 1.29 is 13.6 Å². The topological polar surface area (TPSA) is 32.3 Å². The van der Waals surface area contributed by atoms with E-state index in [2.05, 4.69) is 5.32 Å². The van der Waals surface area contributed by atoms with Crippen LogP contribution in [0.15, 0.2) is 42.5 Å². The Morgan fingerprint density at radius 2 is 1.96 bits per heavy atom. The Morgan fingerprint density at radius 1 is 1.17 bits per heavy atom. The first-order valence-electron chi connectivity index (χ1n) is 7.59. The predicted molar refractivity (Wildman–Crippen MR) is 91.4 cm³/mol. The molecule has 1 unspecified atom stereocenters. The van der Waals surface area contributed by atoms with Crippen LogP contribution in [0, 0.1) is 18.6 Å². The minimum atomic E-state index is -0.425. The van der Waals surface area contributed by atoms with Crippen LogP contribution in [0.2, 0.25) is 0 Å². The highest BCUT2D eigenvalue weighted by molar-refractivity contribution is 5.94. The summed E-state index contributed by atoms with van der Waals surface area (Å²) in [6.07, 6.45) is 0. The quantitative estimate of drug-likeness (QED) is 0.897. The lowest BCUT2D eigenvalue weighted by atomic mass is 10.0. The third kappa shape index (κ3) is 3.91. The summed E-state index contributed by atoms with van der Waals surface area (Å²) in [6.45, 7) is 3.45. The molecule has 24 heavy (non-hydrogen) atoms. The Balaban J connectivity index is 0.00000208. The van der Waals surface area contributed by atoms with E-state index in [4.69, 9.17) is 0 Å². The third-order valence-corrected chi connectivity index (χ3v) is 4.03. The molecule has 2 aromatic rings. The van der Waals surface area contributed by atoms with Gasteiger partial charge >= 0.3 is 0 Å². The van der Waals surface area contributed by atoms with Gasteiger partial charge in [0.15, 0.2) is 0 Å². The number of nitrogens with zero attached hydrogens (tertiary/aromatic N) is 1. The number of carbonyl (C=O) groups is 1. The normalized spacial score (nSPS) is 17.3. The van der Waals surface area contributed by atoms with Gasteiger partial charge in [-0.1, -0.05) is 12.1 Å². The number of nitrogens with one attached hydrogen (secondary N) is 1. The molecule has 1 fully saturated rings. The molecule has 0 spiro atoms. The second kappa shape index (κ2) is 7.73. The number of carbonyl (C=O) groups excluding carboxylic acids is 1. The minimum Gasteiger partial charge on any atom is -0.329 e. The van der Waals surface area contributed by atoms with Crippen LogP contribution in [0.1, 0.15) is 27.5 Å². The van der Waals surface area contributed by atoms with Crippen molar-refractivity contribution in [3.05, 3.63) is 70.8 Å². The van der Waals surface area contributed by atoms with Crippen molar-refractivity contribution in [2.75, 3.05) is 19.6 Å². The van der Waals surface area contributed by atoms with Crippen LogP contribution in [0.25, 0.3) is 0 Å². The molecule has 128 valence electrons. The van der Waals surface area contributed by atoms with Crippen LogP contribution in [-0.2, 0) is 0 Å². The molecule has 6 heteroatoms. The van der Waals surface area contributed by atoms with E-state index in [1.807, 2.05) is 0 Å². The maximum atomic E-state index is 13.6. The summed E-state index contributed by atoms with van der Waals surface area (Å²) in [5, 5.41) is 3.22. The summed E-state index contributed by atoms with van der Waals surface area (Å²) in [4.78, 5) is 14.5. The number of halogens is 3. The van der Waals surface area contributed by atoms with Crippen molar-refractivity contribution in [1.29, 1.82) is 0 Å². The number of aryl methyl sites for hydroxylation is 1. The van der Waals surface area contributed by atoms with Crippen LogP contribution in [0.5, 0.6) is 0 Å². The van der Waals surface area contributed by atoms with Crippen molar-refractivity contribution in [1.82, 2.24) is 10.2 Å². The van der Waals surface area contributed by atoms with E-state index in [0.29, 0.717) is 30.8 Å². The van der Waals surface area contributed by atoms with Gasteiger partial charge in [-0.05, 0) is 48.4 Å². The van der Waals surface area contributed by atoms with E-state index in [1.165, 1.54) is 24.3 Å². The van der Waals surface area contributed by atoms with E-state index >= 15 is 0 Å².